The van der Waals surface area contributed by atoms with Gasteiger partial charge >= 0.3 is 0 Å². The van der Waals surface area contributed by atoms with Gasteiger partial charge in [-0.15, -0.1) is 0 Å². The Balaban J connectivity index is 2.04. The van der Waals surface area contributed by atoms with E-state index in [4.69, 9.17) is 9.47 Å². The van der Waals surface area contributed by atoms with Gasteiger partial charge in [0.25, 0.3) is 0 Å². The lowest BCUT2D eigenvalue weighted by Crippen LogP contribution is -2.46. The lowest BCUT2D eigenvalue weighted by molar-refractivity contribution is 0.00468. The molecule has 2 rings (SSSR count). The summed E-state index contributed by atoms with van der Waals surface area (Å²) >= 11 is 0. The number of nitrogens with zero attached hydrogens (tertiary/aromatic N) is 1. The monoisotopic (exact) mass is 252 g/mol. The number of methoxy groups -OCH3 is 1. The van der Waals surface area contributed by atoms with Crippen molar-refractivity contribution in [2.24, 2.45) is 0 Å². The summed E-state index contributed by atoms with van der Waals surface area (Å²) in [6.07, 6.45) is 0. The molecular formula is C13H20N2O3. The van der Waals surface area contributed by atoms with Gasteiger partial charge in [0.2, 0.25) is 0 Å². The number of nitrogens with one attached hydrogen (secondary N) is 1. The van der Waals surface area contributed by atoms with Crippen LogP contribution >= 0.6 is 0 Å². The molecule has 1 aliphatic rings. The first-order chi connectivity index (χ1) is 8.70. The topological polar surface area (TPSA) is 54.0 Å². The molecule has 18 heavy (non-hydrogen) atoms. The van der Waals surface area contributed by atoms with Crippen molar-refractivity contribution in [1.29, 1.82) is 0 Å². The van der Waals surface area contributed by atoms with Crippen LogP contribution in [0.1, 0.15) is 18.5 Å². The number of hydrogen-bond donors (Lipinski definition) is 2. The van der Waals surface area contributed by atoms with Crippen LogP contribution < -0.4 is 10.2 Å². The number of phenolic OH excluding ortho intramolecular Hbond substituents is 1. The van der Waals surface area contributed by atoms with E-state index in [1.165, 1.54) is 0 Å². The van der Waals surface area contributed by atoms with Gasteiger partial charge in [-0.25, -0.2) is 10.4 Å². The molecule has 1 aliphatic heterocycles. The fourth-order valence-electron chi connectivity index (χ4n) is 2.04. The molecule has 5 nitrogen and oxygen atoms in total. The zero-order chi connectivity index (χ0) is 13.0. The zero-order valence-corrected chi connectivity index (χ0v) is 10.8. The number of rotatable bonds is 4. The summed E-state index contributed by atoms with van der Waals surface area (Å²) in [5.41, 5.74) is 4.20. The highest BCUT2D eigenvalue weighted by Crippen LogP contribution is 2.28. The number of aromatic hydroxyl groups is 1. The van der Waals surface area contributed by atoms with Gasteiger partial charge in [0.05, 0.1) is 20.3 Å². The lowest BCUT2D eigenvalue weighted by atomic mass is 10.1. The van der Waals surface area contributed by atoms with Gasteiger partial charge in [-0.05, 0) is 25.1 Å². The molecule has 1 heterocycles. The maximum absolute atomic E-state index is 9.89. The van der Waals surface area contributed by atoms with Crippen molar-refractivity contribution in [2.75, 3.05) is 33.4 Å². The lowest BCUT2D eigenvalue weighted by Gasteiger charge is -2.30. The van der Waals surface area contributed by atoms with Crippen molar-refractivity contribution < 1.29 is 14.6 Å². The Bertz CT molecular complexity index is 392. The molecule has 5 heteroatoms. The third-order valence-electron chi connectivity index (χ3n) is 3.09. The minimum Gasteiger partial charge on any atom is -0.508 e. The van der Waals surface area contributed by atoms with Gasteiger partial charge in [0.1, 0.15) is 11.5 Å². The molecule has 1 aromatic rings. The van der Waals surface area contributed by atoms with E-state index in [9.17, 15) is 5.11 Å². The molecule has 2 N–H and O–H groups in total. The average Bonchev–Trinajstić information content (AvgIpc) is 2.40. The zero-order valence-electron chi connectivity index (χ0n) is 10.8. The van der Waals surface area contributed by atoms with Crippen LogP contribution in [0.25, 0.3) is 0 Å². The first kappa shape index (κ1) is 13.1. The molecule has 1 unspecified atom stereocenters. The van der Waals surface area contributed by atoms with E-state index in [2.05, 4.69) is 10.4 Å². The van der Waals surface area contributed by atoms with Crippen LogP contribution in [0, 0.1) is 0 Å². The number of phenols is 1. The Kier molecular flexibility index (Phi) is 4.41. The minimum absolute atomic E-state index is 0.0261. The molecule has 100 valence electrons. The summed E-state index contributed by atoms with van der Waals surface area (Å²) in [5, 5.41) is 12.0. The molecule has 0 spiro atoms. The van der Waals surface area contributed by atoms with E-state index in [0.29, 0.717) is 0 Å². The minimum atomic E-state index is 0.0261. The maximum atomic E-state index is 9.89. The number of benzene rings is 1. The summed E-state index contributed by atoms with van der Waals surface area (Å²) in [4.78, 5) is 0. The van der Waals surface area contributed by atoms with Crippen LogP contribution in [0.4, 0.5) is 0 Å². The second kappa shape index (κ2) is 6.04. The van der Waals surface area contributed by atoms with Gasteiger partial charge < -0.3 is 14.6 Å². The van der Waals surface area contributed by atoms with E-state index in [1.54, 1.807) is 19.2 Å². The van der Waals surface area contributed by atoms with E-state index in [1.807, 2.05) is 13.0 Å². The average molecular weight is 252 g/mol. The molecule has 1 saturated heterocycles. The van der Waals surface area contributed by atoms with E-state index in [-0.39, 0.29) is 11.8 Å². The van der Waals surface area contributed by atoms with Crippen molar-refractivity contribution >= 4 is 0 Å². The van der Waals surface area contributed by atoms with Crippen LogP contribution in [0.3, 0.4) is 0 Å². The molecule has 0 saturated carbocycles. The Hall–Kier alpha value is -1.30. The Morgan fingerprint density at radius 3 is 2.78 bits per heavy atom. The van der Waals surface area contributed by atoms with Gasteiger partial charge in [-0.2, -0.15) is 0 Å². The number of morpholine rings is 1. The molecule has 1 aromatic carbocycles. The van der Waals surface area contributed by atoms with Gasteiger partial charge in [-0.1, -0.05) is 0 Å². The molecule has 0 amide bonds. The van der Waals surface area contributed by atoms with Gasteiger partial charge in [0.15, 0.2) is 0 Å². The largest absolute Gasteiger partial charge is 0.508 e. The Morgan fingerprint density at radius 1 is 1.39 bits per heavy atom. The Morgan fingerprint density at radius 2 is 2.11 bits per heavy atom. The van der Waals surface area contributed by atoms with Crippen LogP contribution in [0.15, 0.2) is 18.2 Å². The fraction of sp³-hybridized carbons (Fsp3) is 0.538. The van der Waals surface area contributed by atoms with Crippen LogP contribution in [0.5, 0.6) is 11.5 Å². The summed E-state index contributed by atoms with van der Waals surface area (Å²) < 4.78 is 10.5. The smallest absolute Gasteiger partial charge is 0.120 e. The highest BCUT2D eigenvalue weighted by atomic mass is 16.5. The molecular weight excluding hydrogens is 232 g/mol. The van der Waals surface area contributed by atoms with E-state index < -0.39 is 0 Å². The number of hydrazine groups is 1. The van der Waals surface area contributed by atoms with E-state index >= 15 is 0 Å². The van der Waals surface area contributed by atoms with Gasteiger partial charge in [0, 0.05) is 24.7 Å². The fourth-order valence-corrected chi connectivity index (χ4v) is 2.04. The van der Waals surface area contributed by atoms with Crippen molar-refractivity contribution in [1.82, 2.24) is 10.4 Å². The summed E-state index contributed by atoms with van der Waals surface area (Å²) in [7, 11) is 1.62. The maximum Gasteiger partial charge on any atom is 0.120 e. The quantitative estimate of drug-likeness (QED) is 0.846. The third-order valence-corrected chi connectivity index (χ3v) is 3.09. The molecule has 0 aromatic heterocycles. The van der Waals surface area contributed by atoms with Crippen LogP contribution in [-0.4, -0.2) is 43.5 Å². The second-order valence-electron chi connectivity index (χ2n) is 4.37. The van der Waals surface area contributed by atoms with E-state index in [0.717, 1.165) is 37.6 Å². The highest BCUT2D eigenvalue weighted by molar-refractivity contribution is 5.40. The molecule has 0 bridgehead atoms. The molecule has 0 radical (unpaired) electrons. The summed E-state index contributed by atoms with van der Waals surface area (Å²) in [5.74, 6) is 1.03. The van der Waals surface area contributed by atoms with Crippen molar-refractivity contribution in [3.63, 3.8) is 0 Å². The Labute approximate surface area is 107 Å². The van der Waals surface area contributed by atoms with Crippen molar-refractivity contribution in [3.8, 4) is 11.5 Å². The van der Waals surface area contributed by atoms with Gasteiger partial charge in [-0.3, -0.25) is 0 Å². The predicted molar refractivity (Wildman–Crippen MR) is 68.6 cm³/mol. The molecule has 1 fully saturated rings. The van der Waals surface area contributed by atoms with Crippen LogP contribution in [-0.2, 0) is 4.74 Å². The summed E-state index contributed by atoms with van der Waals surface area (Å²) in [6.45, 7) is 5.21. The molecule has 1 atom stereocenters. The third kappa shape index (κ3) is 3.13. The predicted octanol–water partition coefficient (Wildman–Crippen LogP) is 1.30. The normalized spacial score (nSPS) is 18.6. The number of ether oxygens (including phenoxy) is 2. The molecule has 0 aliphatic carbocycles. The number of hydrogen-bond acceptors (Lipinski definition) is 5. The SMILES string of the molecule is COc1ccc(O)c(C(C)NN2CCOCC2)c1. The van der Waals surface area contributed by atoms with Crippen LogP contribution in [0.2, 0.25) is 0 Å². The highest BCUT2D eigenvalue weighted by Gasteiger charge is 2.16. The van der Waals surface area contributed by atoms with Crippen molar-refractivity contribution in [3.05, 3.63) is 23.8 Å². The summed E-state index contributed by atoms with van der Waals surface area (Å²) in [6, 6.07) is 5.29. The van der Waals surface area contributed by atoms with Crippen molar-refractivity contribution in [2.45, 2.75) is 13.0 Å². The first-order valence-corrected chi connectivity index (χ1v) is 6.16. The second-order valence-corrected chi connectivity index (χ2v) is 4.37. The standard InChI is InChI=1S/C13H20N2O3/c1-10(14-15-5-7-18-8-6-15)12-9-11(17-2)3-4-13(12)16/h3-4,9-10,14,16H,5-8H2,1-2H3. The first-order valence-electron chi connectivity index (χ1n) is 6.16.